The summed E-state index contributed by atoms with van der Waals surface area (Å²) in [5, 5.41) is 18.0. The second kappa shape index (κ2) is 5.21. The fourth-order valence-corrected chi connectivity index (χ4v) is 2.64. The largest absolute Gasteiger partial charge is 0.488 e. The van der Waals surface area contributed by atoms with Gasteiger partial charge in [-0.25, -0.2) is 0 Å². The summed E-state index contributed by atoms with van der Waals surface area (Å²) in [5.41, 5.74) is 1.78. The van der Waals surface area contributed by atoms with Crippen LogP contribution in [0.25, 0.3) is 0 Å². The van der Waals surface area contributed by atoms with Crippen LogP contribution in [0.4, 0.5) is 0 Å². The summed E-state index contributed by atoms with van der Waals surface area (Å²) >= 11 is 0. The van der Waals surface area contributed by atoms with Gasteiger partial charge in [0.2, 0.25) is 0 Å². The second-order valence-corrected chi connectivity index (χ2v) is 5.23. The predicted octanol–water partition coefficient (Wildman–Crippen LogP) is 0.597. The van der Waals surface area contributed by atoms with E-state index in [1.165, 1.54) is 12.0 Å². The first kappa shape index (κ1) is 12.6. The average molecular weight is 233 g/mol. The third kappa shape index (κ3) is 3.09. The minimum atomic E-state index is -1.37. The SMILES string of the molecule is CC1CC(C)N(Cc2ccc(B(O)O)cc2)C1. The minimum absolute atomic E-state index is 0.552. The third-order valence-corrected chi connectivity index (χ3v) is 3.58. The lowest BCUT2D eigenvalue weighted by atomic mass is 9.80. The lowest BCUT2D eigenvalue weighted by Gasteiger charge is -2.21. The molecule has 2 atom stereocenters. The zero-order valence-electron chi connectivity index (χ0n) is 10.5. The molecule has 0 aliphatic carbocycles. The summed E-state index contributed by atoms with van der Waals surface area (Å²) in [6.07, 6.45) is 1.27. The quantitative estimate of drug-likeness (QED) is 0.751. The highest BCUT2D eigenvalue weighted by molar-refractivity contribution is 6.58. The number of benzene rings is 1. The van der Waals surface area contributed by atoms with Gasteiger partial charge in [0.05, 0.1) is 0 Å². The van der Waals surface area contributed by atoms with Crippen molar-refractivity contribution in [2.45, 2.75) is 32.9 Å². The molecule has 0 amide bonds. The van der Waals surface area contributed by atoms with Gasteiger partial charge in [0.15, 0.2) is 0 Å². The first-order chi connectivity index (χ1) is 8.06. The molecular formula is C13H20BNO2. The van der Waals surface area contributed by atoms with E-state index in [0.717, 1.165) is 19.0 Å². The van der Waals surface area contributed by atoms with E-state index < -0.39 is 7.12 Å². The number of rotatable bonds is 3. The Labute approximate surface area is 103 Å². The highest BCUT2D eigenvalue weighted by atomic mass is 16.4. The van der Waals surface area contributed by atoms with E-state index >= 15 is 0 Å². The predicted molar refractivity (Wildman–Crippen MR) is 69.9 cm³/mol. The Balaban J connectivity index is 1.99. The molecule has 1 aromatic carbocycles. The van der Waals surface area contributed by atoms with Crippen LogP contribution in [0.3, 0.4) is 0 Å². The summed E-state index contributed by atoms with van der Waals surface area (Å²) < 4.78 is 0. The Morgan fingerprint density at radius 1 is 1.24 bits per heavy atom. The van der Waals surface area contributed by atoms with E-state index in [2.05, 4.69) is 18.7 Å². The van der Waals surface area contributed by atoms with Crippen molar-refractivity contribution in [2.75, 3.05) is 6.54 Å². The van der Waals surface area contributed by atoms with Gasteiger partial charge in [0.1, 0.15) is 0 Å². The molecular weight excluding hydrogens is 213 g/mol. The fraction of sp³-hybridized carbons (Fsp3) is 0.538. The maximum atomic E-state index is 9.02. The molecule has 3 nitrogen and oxygen atoms in total. The second-order valence-electron chi connectivity index (χ2n) is 5.23. The molecule has 2 unspecified atom stereocenters. The van der Waals surface area contributed by atoms with Crippen LogP contribution in [0.2, 0.25) is 0 Å². The van der Waals surface area contributed by atoms with Crippen LogP contribution in [0.1, 0.15) is 25.8 Å². The van der Waals surface area contributed by atoms with Crippen molar-refractivity contribution in [3.05, 3.63) is 29.8 Å². The van der Waals surface area contributed by atoms with Crippen molar-refractivity contribution >= 4 is 12.6 Å². The van der Waals surface area contributed by atoms with E-state index in [1.807, 2.05) is 12.1 Å². The first-order valence-corrected chi connectivity index (χ1v) is 6.25. The topological polar surface area (TPSA) is 43.7 Å². The zero-order valence-corrected chi connectivity index (χ0v) is 10.5. The molecule has 0 spiro atoms. The number of nitrogens with zero attached hydrogens (tertiary/aromatic N) is 1. The standard InChI is InChI=1S/C13H20BNO2/c1-10-7-11(2)15(8-10)9-12-3-5-13(6-4-12)14(16)17/h3-6,10-11,16-17H,7-9H2,1-2H3. The molecule has 0 radical (unpaired) electrons. The minimum Gasteiger partial charge on any atom is -0.423 e. The van der Waals surface area contributed by atoms with Crippen LogP contribution in [-0.4, -0.2) is 34.7 Å². The summed E-state index contributed by atoms with van der Waals surface area (Å²) in [6, 6.07) is 8.16. The molecule has 1 aliphatic heterocycles. The van der Waals surface area contributed by atoms with E-state index in [1.54, 1.807) is 12.1 Å². The monoisotopic (exact) mass is 233 g/mol. The molecule has 0 saturated carbocycles. The van der Waals surface area contributed by atoms with E-state index in [4.69, 9.17) is 10.0 Å². The van der Waals surface area contributed by atoms with Gasteiger partial charge in [-0.1, -0.05) is 31.2 Å². The molecule has 92 valence electrons. The molecule has 2 rings (SSSR count). The van der Waals surface area contributed by atoms with Crippen molar-refractivity contribution in [3.63, 3.8) is 0 Å². The van der Waals surface area contributed by atoms with Gasteiger partial charge >= 0.3 is 7.12 Å². The van der Waals surface area contributed by atoms with Crippen LogP contribution < -0.4 is 5.46 Å². The fourth-order valence-electron chi connectivity index (χ4n) is 2.64. The summed E-state index contributed by atoms with van der Waals surface area (Å²) in [6.45, 7) is 6.68. The Morgan fingerprint density at radius 2 is 1.88 bits per heavy atom. The zero-order chi connectivity index (χ0) is 12.4. The van der Waals surface area contributed by atoms with Crippen LogP contribution in [-0.2, 0) is 6.54 Å². The maximum absolute atomic E-state index is 9.02. The Morgan fingerprint density at radius 3 is 2.35 bits per heavy atom. The van der Waals surface area contributed by atoms with Crippen LogP contribution in [0, 0.1) is 5.92 Å². The molecule has 1 aliphatic rings. The van der Waals surface area contributed by atoms with Crippen LogP contribution in [0.5, 0.6) is 0 Å². The Kier molecular flexibility index (Phi) is 3.87. The van der Waals surface area contributed by atoms with Crippen molar-refractivity contribution in [2.24, 2.45) is 5.92 Å². The van der Waals surface area contributed by atoms with Gasteiger partial charge < -0.3 is 10.0 Å². The Hall–Kier alpha value is -0.835. The van der Waals surface area contributed by atoms with Crippen LogP contribution >= 0.6 is 0 Å². The first-order valence-electron chi connectivity index (χ1n) is 6.25. The molecule has 1 saturated heterocycles. The summed E-state index contributed by atoms with van der Waals surface area (Å²) in [7, 11) is -1.37. The van der Waals surface area contributed by atoms with Gasteiger partial charge in [0.25, 0.3) is 0 Å². The normalized spacial score (nSPS) is 25.2. The van der Waals surface area contributed by atoms with Crippen molar-refractivity contribution in [1.82, 2.24) is 4.90 Å². The van der Waals surface area contributed by atoms with Crippen LogP contribution in [0.15, 0.2) is 24.3 Å². The lowest BCUT2D eigenvalue weighted by molar-refractivity contribution is 0.256. The molecule has 1 aromatic rings. The number of likely N-dealkylation sites (tertiary alicyclic amines) is 1. The van der Waals surface area contributed by atoms with Gasteiger partial charge in [-0.05, 0) is 30.3 Å². The van der Waals surface area contributed by atoms with Crippen molar-refractivity contribution in [1.29, 1.82) is 0 Å². The summed E-state index contributed by atoms with van der Waals surface area (Å²) in [5.74, 6) is 0.781. The molecule has 1 heterocycles. The van der Waals surface area contributed by atoms with E-state index in [0.29, 0.717) is 11.5 Å². The van der Waals surface area contributed by atoms with Gasteiger partial charge in [-0.2, -0.15) is 0 Å². The molecule has 2 N–H and O–H groups in total. The van der Waals surface area contributed by atoms with E-state index in [9.17, 15) is 0 Å². The lowest BCUT2D eigenvalue weighted by Crippen LogP contribution is -2.30. The van der Waals surface area contributed by atoms with E-state index in [-0.39, 0.29) is 0 Å². The Bertz CT molecular complexity index is 366. The third-order valence-electron chi connectivity index (χ3n) is 3.58. The van der Waals surface area contributed by atoms with Gasteiger partial charge in [0, 0.05) is 19.1 Å². The van der Waals surface area contributed by atoms with Crippen molar-refractivity contribution in [3.8, 4) is 0 Å². The number of hydrogen-bond donors (Lipinski definition) is 2. The maximum Gasteiger partial charge on any atom is 0.488 e. The van der Waals surface area contributed by atoms with Crippen molar-refractivity contribution < 1.29 is 10.0 Å². The molecule has 4 heteroatoms. The molecule has 1 fully saturated rings. The molecule has 17 heavy (non-hydrogen) atoms. The highest BCUT2D eigenvalue weighted by Gasteiger charge is 2.25. The van der Waals surface area contributed by atoms with Gasteiger partial charge in [-0.15, -0.1) is 0 Å². The molecule has 0 bridgehead atoms. The number of hydrogen-bond acceptors (Lipinski definition) is 3. The summed E-state index contributed by atoms with van der Waals surface area (Å²) in [4.78, 5) is 2.48. The molecule has 0 aromatic heterocycles. The average Bonchev–Trinajstić information content (AvgIpc) is 2.58. The highest BCUT2D eigenvalue weighted by Crippen LogP contribution is 2.23. The van der Waals surface area contributed by atoms with Gasteiger partial charge in [-0.3, -0.25) is 4.90 Å². The smallest absolute Gasteiger partial charge is 0.423 e.